The van der Waals surface area contributed by atoms with Crippen molar-refractivity contribution in [2.75, 3.05) is 4.90 Å². The fourth-order valence-electron chi connectivity index (χ4n) is 4.24. The van der Waals surface area contributed by atoms with Gasteiger partial charge in [0.05, 0.1) is 23.0 Å². The minimum absolute atomic E-state index is 0.0473. The molecule has 0 radical (unpaired) electrons. The number of hydrogen-bond donors (Lipinski definition) is 1. The highest BCUT2D eigenvalue weighted by molar-refractivity contribution is 6.20. The molecule has 2 aromatic heterocycles. The lowest BCUT2D eigenvalue weighted by molar-refractivity contribution is -0.274. The number of anilines is 1. The predicted molar refractivity (Wildman–Crippen MR) is 134 cm³/mol. The molecule has 5 rings (SSSR count). The van der Waals surface area contributed by atoms with Crippen molar-refractivity contribution in [2.24, 2.45) is 0 Å². The summed E-state index contributed by atoms with van der Waals surface area (Å²) in [4.78, 5) is 32.3. The van der Waals surface area contributed by atoms with E-state index in [4.69, 9.17) is 0 Å². The minimum atomic E-state index is -4.89. The summed E-state index contributed by atoms with van der Waals surface area (Å²) >= 11 is 0. The summed E-state index contributed by atoms with van der Waals surface area (Å²) in [5, 5.41) is 18.9. The number of amides is 1. The number of Topliss-reactive ketones (excluding diaryl/α,β-unsaturated/α-hetero) is 1. The number of benzene rings is 2. The Kier molecular flexibility index (Phi) is 6.57. The lowest BCUT2D eigenvalue weighted by Gasteiger charge is -2.25. The molecule has 1 atom stereocenters. The average Bonchev–Trinajstić information content (AvgIpc) is 3.19. The van der Waals surface area contributed by atoms with E-state index >= 15 is 0 Å². The number of ketones is 1. The third kappa shape index (κ3) is 5.19. The third-order valence-corrected chi connectivity index (χ3v) is 6.02. The van der Waals surface area contributed by atoms with E-state index in [2.05, 4.69) is 19.9 Å². The van der Waals surface area contributed by atoms with Crippen LogP contribution in [0.25, 0.3) is 11.3 Å². The molecule has 1 amide bonds. The van der Waals surface area contributed by atoms with Crippen molar-refractivity contribution >= 4 is 17.5 Å². The number of aliphatic hydroxyl groups is 1. The van der Waals surface area contributed by atoms with Crippen molar-refractivity contribution in [1.29, 1.82) is 0 Å². The van der Waals surface area contributed by atoms with Crippen LogP contribution in [0.4, 0.5) is 19.0 Å². The molecule has 1 aliphatic rings. The van der Waals surface area contributed by atoms with E-state index in [0.717, 1.165) is 22.6 Å². The van der Waals surface area contributed by atoms with Crippen LogP contribution in [-0.4, -0.2) is 38.3 Å². The van der Waals surface area contributed by atoms with Crippen LogP contribution in [0.3, 0.4) is 0 Å². The van der Waals surface area contributed by atoms with Crippen molar-refractivity contribution < 1.29 is 32.6 Å². The SMILES string of the molecule is Cc1ccc(N2C(=O)C(O)=C(C(=O)c3ccc(-c4ccccn4)cc3)C2c2ccc(OC(F)(F)F)cc2)nn1. The number of alkyl halides is 3. The average molecular weight is 532 g/mol. The quantitative estimate of drug-likeness (QED) is 0.326. The van der Waals surface area contributed by atoms with Gasteiger partial charge in [0.2, 0.25) is 0 Å². The Bertz CT molecular complexity index is 1550. The third-order valence-electron chi connectivity index (χ3n) is 6.02. The number of ether oxygens (including phenoxy) is 1. The molecule has 8 nitrogen and oxygen atoms in total. The first-order valence-electron chi connectivity index (χ1n) is 11.6. The van der Waals surface area contributed by atoms with Crippen LogP contribution in [0.1, 0.15) is 27.7 Å². The number of hydrogen-bond acceptors (Lipinski definition) is 7. The Hall–Kier alpha value is -5.06. The molecule has 0 saturated heterocycles. The first-order valence-corrected chi connectivity index (χ1v) is 11.6. The lowest BCUT2D eigenvalue weighted by atomic mass is 9.92. The molecular weight excluding hydrogens is 513 g/mol. The second-order valence-electron chi connectivity index (χ2n) is 8.61. The Labute approximate surface area is 220 Å². The van der Waals surface area contributed by atoms with Gasteiger partial charge in [-0.3, -0.25) is 19.5 Å². The summed E-state index contributed by atoms with van der Waals surface area (Å²) in [6.45, 7) is 1.69. The lowest BCUT2D eigenvalue weighted by Crippen LogP contribution is -2.32. The molecule has 1 N–H and O–H groups in total. The number of nitrogens with zero attached hydrogens (tertiary/aromatic N) is 4. The zero-order valence-corrected chi connectivity index (χ0v) is 20.3. The van der Waals surface area contributed by atoms with E-state index in [9.17, 15) is 27.9 Å². The number of aliphatic hydroxyl groups excluding tert-OH is 1. The number of aromatic nitrogens is 3. The van der Waals surface area contributed by atoms with Gasteiger partial charge >= 0.3 is 6.36 Å². The van der Waals surface area contributed by atoms with E-state index < -0.39 is 35.6 Å². The Morgan fingerprint density at radius 2 is 1.67 bits per heavy atom. The van der Waals surface area contributed by atoms with Crippen LogP contribution in [0, 0.1) is 6.92 Å². The summed E-state index contributed by atoms with van der Waals surface area (Å²) in [6.07, 6.45) is -3.26. The summed E-state index contributed by atoms with van der Waals surface area (Å²) in [6, 6.07) is 18.5. The number of rotatable bonds is 6. The Balaban J connectivity index is 1.55. The maximum atomic E-state index is 13.7. The smallest absolute Gasteiger partial charge is 0.503 e. The summed E-state index contributed by atoms with van der Waals surface area (Å²) < 4.78 is 42.0. The monoisotopic (exact) mass is 532 g/mol. The Morgan fingerprint density at radius 1 is 0.949 bits per heavy atom. The number of aryl methyl sites for hydroxylation is 1. The van der Waals surface area contributed by atoms with Crippen LogP contribution >= 0.6 is 0 Å². The standard InChI is InChI=1S/C28H19F3N4O4/c1-16-5-14-22(34-33-16)35-24(18-10-12-20(13-11-18)39-28(29,30)31)23(26(37)27(35)38)25(36)19-8-6-17(7-9-19)21-4-2-3-15-32-21/h2-15,24,37H,1H3. The first kappa shape index (κ1) is 25.6. The highest BCUT2D eigenvalue weighted by Gasteiger charge is 2.45. The molecule has 3 heterocycles. The van der Waals surface area contributed by atoms with E-state index in [0.29, 0.717) is 11.4 Å². The summed E-state index contributed by atoms with van der Waals surface area (Å²) in [7, 11) is 0. The zero-order chi connectivity index (χ0) is 27.7. The van der Waals surface area contributed by atoms with E-state index in [1.54, 1.807) is 49.5 Å². The molecule has 39 heavy (non-hydrogen) atoms. The van der Waals surface area contributed by atoms with Gasteiger partial charge < -0.3 is 9.84 Å². The van der Waals surface area contributed by atoms with E-state index in [1.807, 2.05) is 12.1 Å². The molecule has 0 spiro atoms. The highest BCUT2D eigenvalue weighted by Crippen LogP contribution is 2.42. The molecule has 4 aromatic rings. The second-order valence-corrected chi connectivity index (χ2v) is 8.61. The second kappa shape index (κ2) is 10.0. The van der Waals surface area contributed by atoms with E-state index in [-0.39, 0.29) is 22.5 Å². The molecule has 0 bridgehead atoms. The van der Waals surface area contributed by atoms with Gasteiger partial charge in [-0.05, 0) is 48.9 Å². The fourth-order valence-corrected chi connectivity index (χ4v) is 4.24. The van der Waals surface area contributed by atoms with Crippen molar-refractivity contribution in [1.82, 2.24) is 15.2 Å². The molecular formula is C28H19F3N4O4. The van der Waals surface area contributed by atoms with Crippen molar-refractivity contribution in [2.45, 2.75) is 19.3 Å². The van der Waals surface area contributed by atoms with Crippen LogP contribution in [-0.2, 0) is 4.79 Å². The number of carbonyl (C=O) groups excluding carboxylic acids is 2. The van der Waals surface area contributed by atoms with Crippen molar-refractivity contribution in [3.8, 4) is 17.0 Å². The van der Waals surface area contributed by atoms with Crippen LogP contribution < -0.4 is 9.64 Å². The normalized spacial score (nSPS) is 15.5. The maximum Gasteiger partial charge on any atom is 0.573 e. The van der Waals surface area contributed by atoms with E-state index in [1.165, 1.54) is 18.2 Å². The van der Waals surface area contributed by atoms with Gasteiger partial charge in [0.15, 0.2) is 17.4 Å². The molecule has 196 valence electrons. The van der Waals surface area contributed by atoms with Crippen molar-refractivity contribution in [3.05, 3.63) is 113 Å². The van der Waals surface area contributed by atoms with Crippen LogP contribution in [0.15, 0.2) is 96.4 Å². The topological polar surface area (TPSA) is 106 Å². The van der Waals surface area contributed by atoms with Gasteiger partial charge in [0.1, 0.15) is 5.75 Å². The van der Waals surface area contributed by atoms with Gasteiger partial charge in [-0.25, -0.2) is 0 Å². The van der Waals surface area contributed by atoms with Crippen LogP contribution in [0.5, 0.6) is 5.75 Å². The number of carbonyl (C=O) groups is 2. The fraction of sp³-hybridized carbons (Fsp3) is 0.107. The largest absolute Gasteiger partial charge is 0.573 e. The summed E-state index contributed by atoms with van der Waals surface area (Å²) in [5.41, 5.74) is 2.19. The van der Waals surface area contributed by atoms with Gasteiger partial charge in [0, 0.05) is 17.3 Å². The van der Waals surface area contributed by atoms with Gasteiger partial charge in [-0.2, -0.15) is 5.10 Å². The molecule has 0 saturated carbocycles. The number of halogens is 3. The zero-order valence-electron chi connectivity index (χ0n) is 20.3. The highest BCUT2D eigenvalue weighted by atomic mass is 19.4. The summed E-state index contributed by atoms with van der Waals surface area (Å²) in [5.74, 6) is -2.77. The predicted octanol–water partition coefficient (Wildman–Crippen LogP) is 5.53. The maximum absolute atomic E-state index is 13.7. The first-order chi connectivity index (χ1) is 18.6. The number of pyridine rings is 1. The van der Waals surface area contributed by atoms with Crippen molar-refractivity contribution in [3.63, 3.8) is 0 Å². The molecule has 11 heteroatoms. The van der Waals surface area contributed by atoms with Gasteiger partial charge in [-0.15, -0.1) is 18.3 Å². The molecule has 0 fully saturated rings. The van der Waals surface area contributed by atoms with Gasteiger partial charge in [0.25, 0.3) is 5.91 Å². The van der Waals surface area contributed by atoms with Gasteiger partial charge in [-0.1, -0.05) is 42.5 Å². The molecule has 0 aliphatic carbocycles. The molecule has 1 aliphatic heterocycles. The Morgan fingerprint density at radius 3 is 2.26 bits per heavy atom. The van der Waals surface area contributed by atoms with Crippen LogP contribution in [0.2, 0.25) is 0 Å². The molecule has 2 aromatic carbocycles. The molecule has 1 unspecified atom stereocenters. The minimum Gasteiger partial charge on any atom is -0.503 e.